The van der Waals surface area contributed by atoms with Crippen molar-refractivity contribution in [1.29, 1.82) is 0 Å². The van der Waals surface area contributed by atoms with Crippen molar-refractivity contribution in [3.8, 4) is 44.5 Å². The van der Waals surface area contributed by atoms with Crippen LogP contribution in [-0.4, -0.2) is 0 Å². The molecule has 0 aliphatic rings. The standard InChI is InChI=1S/C46H30/c1-2-15-32(16-3-1)45-41-23-8-10-25-43(41)46(44-26-11-9-24-42(44)45)34-19-12-18-33(30-34)36-28-29-40(39-22-7-6-21-37(36)39)38-27-13-17-31-14-4-5-20-35(31)38/h1-30H/i1D,2D,3D,6D,7D,8D,9D,10D,11D,15D,16D,21D,22D,23D,24D,25D,26D,28D,29D. The van der Waals surface area contributed by atoms with E-state index >= 15 is 0 Å². The summed E-state index contributed by atoms with van der Waals surface area (Å²) < 4.78 is 170. The van der Waals surface area contributed by atoms with E-state index < -0.39 is 131 Å². The number of hydrogen-bond acceptors (Lipinski definition) is 0. The number of hydrogen-bond donors (Lipinski definition) is 0. The maximum absolute atomic E-state index is 9.56. The maximum Gasteiger partial charge on any atom is 0.0630 e. The second-order valence-corrected chi connectivity index (χ2v) is 10.6. The summed E-state index contributed by atoms with van der Waals surface area (Å²) in [5.41, 5.74) is -0.534. The van der Waals surface area contributed by atoms with Crippen LogP contribution in [0.3, 0.4) is 0 Å². The zero-order chi connectivity index (χ0) is 47.0. The Morgan fingerprint density at radius 3 is 1.50 bits per heavy atom. The van der Waals surface area contributed by atoms with Crippen LogP contribution in [0.2, 0.25) is 0 Å². The van der Waals surface area contributed by atoms with Gasteiger partial charge in [0, 0.05) is 0 Å². The lowest BCUT2D eigenvalue weighted by Crippen LogP contribution is -1.91. The monoisotopic (exact) mass is 601 g/mol. The first-order chi connectivity index (χ1) is 30.7. The van der Waals surface area contributed by atoms with Crippen LogP contribution in [-0.2, 0) is 0 Å². The minimum atomic E-state index is -0.794. The predicted octanol–water partition coefficient (Wildman–Crippen LogP) is 13.0. The molecule has 0 saturated carbocycles. The van der Waals surface area contributed by atoms with Gasteiger partial charge in [0.2, 0.25) is 0 Å². The Bertz CT molecular complexity index is 3540. The largest absolute Gasteiger partial charge is 0.0630 e. The third kappa shape index (κ3) is 4.23. The molecule has 0 amide bonds. The lowest BCUT2D eigenvalue weighted by Gasteiger charge is -2.18. The third-order valence-electron chi connectivity index (χ3n) is 8.12. The Hall–Kier alpha value is -5.98. The van der Waals surface area contributed by atoms with E-state index in [-0.39, 0.29) is 55.4 Å². The Labute approximate surface area is 295 Å². The Morgan fingerprint density at radius 1 is 0.304 bits per heavy atom. The van der Waals surface area contributed by atoms with Crippen LogP contribution in [0, 0.1) is 0 Å². The van der Waals surface area contributed by atoms with E-state index in [1.54, 1.807) is 18.2 Å². The minimum Gasteiger partial charge on any atom is -0.0622 e. The van der Waals surface area contributed by atoms with Crippen LogP contribution in [0.5, 0.6) is 0 Å². The van der Waals surface area contributed by atoms with Gasteiger partial charge in [-0.05, 0) is 93.7 Å². The fourth-order valence-corrected chi connectivity index (χ4v) is 6.17. The highest BCUT2D eigenvalue weighted by Crippen LogP contribution is 2.45. The van der Waals surface area contributed by atoms with E-state index in [1.807, 2.05) is 24.3 Å². The van der Waals surface area contributed by atoms with Crippen molar-refractivity contribution in [3.63, 3.8) is 0 Å². The van der Waals surface area contributed by atoms with Gasteiger partial charge in [0.25, 0.3) is 0 Å². The van der Waals surface area contributed by atoms with Gasteiger partial charge in [-0.15, -0.1) is 0 Å². The topological polar surface area (TPSA) is 0 Å². The molecular weight excluding hydrogens is 553 g/mol. The fraction of sp³-hybridized carbons (Fsp3) is 0. The van der Waals surface area contributed by atoms with Gasteiger partial charge in [-0.2, -0.15) is 0 Å². The molecule has 0 atom stereocenters. The molecule has 0 nitrogen and oxygen atoms in total. The zero-order valence-corrected chi connectivity index (χ0v) is 23.9. The molecule has 0 aliphatic heterocycles. The zero-order valence-electron chi connectivity index (χ0n) is 42.9. The molecule has 0 aliphatic carbocycles. The van der Waals surface area contributed by atoms with Crippen molar-refractivity contribution in [2.45, 2.75) is 0 Å². The summed E-state index contributed by atoms with van der Waals surface area (Å²) in [6, 6.07) is 5.83. The van der Waals surface area contributed by atoms with Crippen molar-refractivity contribution in [3.05, 3.63) is 182 Å². The predicted molar refractivity (Wildman–Crippen MR) is 198 cm³/mol. The maximum atomic E-state index is 9.56. The van der Waals surface area contributed by atoms with Crippen LogP contribution in [0.15, 0.2) is 182 Å². The average molecular weight is 602 g/mol. The third-order valence-corrected chi connectivity index (χ3v) is 8.12. The molecule has 9 aromatic rings. The molecule has 0 spiro atoms. The van der Waals surface area contributed by atoms with Gasteiger partial charge in [-0.25, -0.2) is 0 Å². The normalized spacial score (nSPS) is 17.3. The van der Waals surface area contributed by atoms with Gasteiger partial charge in [-0.1, -0.05) is 175 Å². The van der Waals surface area contributed by atoms with Crippen molar-refractivity contribution >= 4 is 43.1 Å². The Kier molecular flexibility index (Phi) is 3.21. The second kappa shape index (κ2) is 10.9. The summed E-state index contributed by atoms with van der Waals surface area (Å²) >= 11 is 0. The number of rotatable bonds is 4. The van der Waals surface area contributed by atoms with Gasteiger partial charge in [0.15, 0.2) is 0 Å². The highest BCUT2D eigenvalue weighted by molar-refractivity contribution is 6.21. The van der Waals surface area contributed by atoms with E-state index in [1.165, 1.54) is 24.3 Å². The van der Waals surface area contributed by atoms with Gasteiger partial charge in [0.05, 0.1) is 26.0 Å². The van der Waals surface area contributed by atoms with Gasteiger partial charge < -0.3 is 0 Å². The van der Waals surface area contributed by atoms with Crippen LogP contribution in [0.25, 0.3) is 87.6 Å². The van der Waals surface area contributed by atoms with Gasteiger partial charge in [0.1, 0.15) is 0 Å². The number of benzene rings is 9. The van der Waals surface area contributed by atoms with Crippen LogP contribution in [0.1, 0.15) is 26.0 Å². The highest BCUT2D eigenvalue weighted by Gasteiger charge is 2.17. The summed E-state index contributed by atoms with van der Waals surface area (Å²) in [6.07, 6.45) is 0. The molecule has 0 N–H and O–H groups in total. The molecule has 9 rings (SSSR count). The quantitative estimate of drug-likeness (QED) is 0.176. The van der Waals surface area contributed by atoms with Crippen LogP contribution >= 0.6 is 0 Å². The van der Waals surface area contributed by atoms with Gasteiger partial charge in [-0.3, -0.25) is 0 Å². The molecule has 9 aromatic carbocycles. The number of fused-ring (bicyclic) bond motifs is 4. The van der Waals surface area contributed by atoms with Crippen molar-refractivity contribution in [2.75, 3.05) is 0 Å². The smallest absolute Gasteiger partial charge is 0.0622 e. The molecule has 0 aromatic heterocycles. The first-order valence-corrected chi connectivity index (χ1v) is 14.4. The molecule has 0 radical (unpaired) electrons. The first kappa shape index (κ1) is 13.6. The minimum absolute atomic E-state index is 0.0316. The molecule has 214 valence electrons. The molecule has 0 saturated heterocycles. The van der Waals surface area contributed by atoms with E-state index in [0.29, 0.717) is 10.9 Å². The van der Waals surface area contributed by atoms with Crippen molar-refractivity contribution < 1.29 is 26.0 Å². The van der Waals surface area contributed by atoms with Crippen molar-refractivity contribution in [2.24, 2.45) is 0 Å². The summed E-state index contributed by atoms with van der Waals surface area (Å²) in [6.45, 7) is 0. The van der Waals surface area contributed by atoms with E-state index in [9.17, 15) is 11.0 Å². The first-order valence-electron chi connectivity index (χ1n) is 23.9. The summed E-state index contributed by atoms with van der Waals surface area (Å²) in [7, 11) is 0. The van der Waals surface area contributed by atoms with E-state index in [2.05, 4.69) is 0 Å². The SMILES string of the molecule is [2H]c1c([2H])c([2H])c(-c2c3c([2H])c([2H])c([2H])c([2H])c3c(-c3cccc(-c4c([2H])c([2H])c(-c5cccc6ccccc56)c5c([2H])c([2H])c([2H])c([2H])c45)c3)c3c([2H])c([2H])c([2H])c([2H])c23)c([2H])c1[2H]. The molecule has 0 heterocycles. The molecule has 0 fully saturated rings. The molecule has 0 bridgehead atoms. The second-order valence-electron chi connectivity index (χ2n) is 10.6. The summed E-state index contributed by atoms with van der Waals surface area (Å²) in [5, 5.41) is -0.109. The highest BCUT2D eigenvalue weighted by atomic mass is 14.2. The lowest BCUT2D eigenvalue weighted by atomic mass is 9.85. The van der Waals surface area contributed by atoms with Crippen LogP contribution in [0.4, 0.5) is 0 Å². The Balaban J connectivity index is 1.49. The summed E-state index contributed by atoms with van der Waals surface area (Å²) in [5.74, 6) is 0. The molecular formula is C46H30. The molecule has 0 heteroatoms. The molecule has 46 heavy (non-hydrogen) atoms. The van der Waals surface area contributed by atoms with Crippen LogP contribution < -0.4 is 0 Å². The average Bonchev–Trinajstić information content (AvgIpc) is 3.31. The van der Waals surface area contributed by atoms with Gasteiger partial charge >= 0.3 is 0 Å². The van der Waals surface area contributed by atoms with Crippen molar-refractivity contribution in [1.82, 2.24) is 0 Å². The summed E-state index contributed by atoms with van der Waals surface area (Å²) in [4.78, 5) is 0. The lowest BCUT2D eigenvalue weighted by molar-refractivity contribution is 1.62. The Morgan fingerprint density at radius 2 is 0.804 bits per heavy atom. The fourth-order valence-electron chi connectivity index (χ4n) is 6.17. The van der Waals surface area contributed by atoms with E-state index in [4.69, 9.17) is 15.1 Å². The molecule has 0 unspecified atom stereocenters. The van der Waals surface area contributed by atoms with E-state index in [0.717, 1.165) is 5.39 Å².